The van der Waals surface area contributed by atoms with Crippen LogP contribution in [0.25, 0.3) is 11.0 Å². The third kappa shape index (κ3) is 3.29. The van der Waals surface area contributed by atoms with Crippen LogP contribution in [0.4, 0.5) is 5.69 Å². The first kappa shape index (κ1) is 18.3. The summed E-state index contributed by atoms with van der Waals surface area (Å²) in [5.41, 5.74) is 3.46. The fraction of sp³-hybridized carbons (Fsp3) is 0.389. The molecule has 3 heterocycles. The molecule has 0 aliphatic rings. The summed E-state index contributed by atoms with van der Waals surface area (Å²) in [5.74, 6) is 0.721. The van der Waals surface area contributed by atoms with Crippen LogP contribution < -0.4 is 5.32 Å². The van der Waals surface area contributed by atoms with Crippen molar-refractivity contribution < 1.29 is 4.79 Å². The molecule has 26 heavy (non-hydrogen) atoms. The van der Waals surface area contributed by atoms with Crippen LogP contribution in [0.1, 0.15) is 47.3 Å². The van der Waals surface area contributed by atoms with Gasteiger partial charge in [0.25, 0.3) is 5.91 Å². The molecule has 0 aromatic carbocycles. The lowest BCUT2D eigenvalue weighted by molar-refractivity contribution is 0.102. The number of rotatable bonds is 4. The van der Waals surface area contributed by atoms with E-state index >= 15 is 0 Å². The second-order valence-electron chi connectivity index (χ2n) is 6.46. The van der Waals surface area contributed by atoms with Gasteiger partial charge in [0.05, 0.1) is 28.8 Å². The molecule has 0 saturated carbocycles. The molecule has 1 N–H and O–H groups in total. The molecule has 0 fully saturated rings. The molecule has 136 valence electrons. The van der Waals surface area contributed by atoms with Crippen molar-refractivity contribution in [3.8, 4) is 0 Å². The van der Waals surface area contributed by atoms with Crippen molar-refractivity contribution in [3.63, 3.8) is 0 Å². The van der Waals surface area contributed by atoms with Crippen LogP contribution in [0.3, 0.4) is 0 Å². The maximum atomic E-state index is 12.9. The molecular formula is C18H22N6OS. The van der Waals surface area contributed by atoms with Crippen LogP contribution in [-0.2, 0) is 7.05 Å². The summed E-state index contributed by atoms with van der Waals surface area (Å²) in [7, 11) is 1.85. The normalized spacial score (nSPS) is 11.3. The number of nitrogens with zero attached hydrogens (tertiary/aromatic N) is 5. The predicted molar refractivity (Wildman–Crippen MR) is 104 cm³/mol. The molecule has 0 unspecified atom stereocenters. The molecule has 3 aromatic rings. The Morgan fingerprint density at radius 2 is 1.96 bits per heavy atom. The maximum Gasteiger partial charge on any atom is 0.260 e. The fourth-order valence-corrected chi connectivity index (χ4v) is 3.43. The van der Waals surface area contributed by atoms with Crippen LogP contribution >= 0.6 is 11.8 Å². The Morgan fingerprint density at radius 3 is 2.62 bits per heavy atom. The zero-order valence-corrected chi connectivity index (χ0v) is 16.6. The van der Waals surface area contributed by atoms with E-state index in [0.717, 1.165) is 22.6 Å². The van der Waals surface area contributed by atoms with Gasteiger partial charge in [-0.15, -0.1) is 11.8 Å². The Hall–Kier alpha value is -2.48. The number of amides is 1. The van der Waals surface area contributed by atoms with E-state index in [2.05, 4.69) is 25.4 Å². The van der Waals surface area contributed by atoms with Crippen LogP contribution in [0, 0.1) is 13.8 Å². The first-order valence-corrected chi connectivity index (χ1v) is 9.57. The van der Waals surface area contributed by atoms with E-state index in [4.69, 9.17) is 0 Å². The van der Waals surface area contributed by atoms with Gasteiger partial charge in [-0.05, 0) is 26.2 Å². The SMILES string of the molecule is CSc1nc(C(C)C)nc(C)c1C(=O)Nc1cnc2c(c1)c(C)nn2C. The van der Waals surface area contributed by atoms with Crippen molar-refractivity contribution in [2.45, 2.75) is 38.6 Å². The number of aryl methyl sites for hydroxylation is 3. The number of carbonyl (C=O) groups excluding carboxylic acids is 1. The highest BCUT2D eigenvalue weighted by molar-refractivity contribution is 7.98. The Bertz CT molecular complexity index is 995. The monoisotopic (exact) mass is 370 g/mol. The molecule has 8 heteroatoms. The van der Waals surface area contributed by atoms with Crippen molar-refractivity contribution in [2.24, 2.45) is 7.05 Å². The quantitative estimate of drug-likeness (QED) is 0.559. The van der Waals surface area contributed by atoms with Crippen molar-refractivity contribution in [1.29, 1.82) is 0 Å². The molecule has 0 radical (unpaired) electrons. The van der Waals surface area contributed by atoms with Gasteiger partial charge < -0.3 is 5.32 Å². The van der Waals surface area contributed by atoms with Gasteiger partial charge in [0.15, 0.2) is 5.65 Å². The average Bonchev–Trinajstić information content (AvgIpc) is 2.87. The molecule has 1 amide bonds. The lowest BCUT2D eigenvalue weighted by Gasteiger charge is -2.13. The Kier molecular flexibility index (Phi) is 4.95. The van der Waals surface area contributed by atoms with Gasteiger partial charge in [0.2, 0.25) is 0 Å². The van der Waals surface area contributed by atoms with Crippen LogP contribution in [0.2, 0.25) is 0 Å². The van der Waals surface area contributed by atoms with Gasteiger partial charge in [0, 0.05) is 18.4 Å². The summed E-state index contributed by atoms with van der Waals surface area (Å²) < 4.78 is 1.73. The number of pyridine rings is 1. The Balaban J connectivity index is 1.96. The molecule has 0 aliphatic heterocycles. The third-order valence-corrected chi connectivity index (χ3v) is 4.81. The topological polar surface area (TPSA) is 85.6 Å². The summed E-state index contributed by atoms with van der Waals surface area (Å²) in [6.45, 7) is 7.84. The zero-order chi connectivity index (χ0) is 19.0. The number of hydrogen-bond acceptors (Lipinski definition) is 6. The second kappa shape index (κ2) is 7.03. The van der Waals surface area contributed by atoms with Crippen LogP contribution in [-0.4, -0.2) is 36.9 Å². The Morgan fingerprint density at radius 1 is 1.23 bits per heavy atom. The molecule has 0 spiro atoms. The number of thioether (sulfide) groups is 1. The molecule has 0 aliphatic carbocycles. The van der Waals surface area contributed by atoms with Crippen molar-refractivity contribution in [2.75, 3.05) is 11.6 Å². The van der Waals surface area contributed by atoms with E-state index in [9.17, 15) is 4.79 Å². The molecule has 7 nitrogen and oxygen atoms in total. The second-order valence-corrected chi connectivity index (χ2v) is 7.26. The summed E-state index contributed by atoms with van der Waals surface area (Å²) in [6, 6.07) is 1.89. The number of anilines is 1. The van der Waals surface area contributed by atoms with E-state index in [1.54, 1.807) is 10.9 Å². The standard InChI is InChI=1S/C18H22N6OS/c1-9(2)15-20-11(4)14(18(22-15)26-6)17(25)21-12-7-13-10(3)23-24(5)16(13)19-8-12/h7-9H,1-6H3,(H,21,25). The van der Waals surface area contributed by atoms with Gasteiger partial charge in [-0.3, -0.25) is 9.48 Å². The number of hydrogen-bond donors (Lipinski definition) is 1. The average molecular weight is 370 g/mol. The molecule has 0 atom stereocenters. The molecule has 0 saturated heterocycles. The zero-order valence-electron chi connectivity index (χ0n) is 15.8. The number of carbonyl (C=O) groups is 1. The van der Waals surface area contributed by atoms with Crippen molar-refractivity contribution in [1.82, 2.24) is 24.7 Å². The van der Waals surface area contributed by atoms with E-state index in [1.165, 1.54) is 11.8 Å². The largest absolute Gasteiger partial charge is 0.320 e. The number of aromatic nitrogens is 5. The lowest BCUT2D eigenvalue weighted by Crippen LogP contribution is -2.18. The molecule has 3 aromatic heterocycles. The Labute approximate surface area is 156 Å². The number of fused-ring (bicyclic) bond motifs is 1. The van der Waals surface area contributed by atoms with Gasteiger partial charge in [-0.25, -0.2) is 15.0 Å². The van der Waals surface area contributed by atoms with Crippen LogP contribution in [0.5, 0.6) is 0 Å². The maximum absolute atomic E-state index is 12.9. The first-order valence-electron chi connectivity index (χ1n) is 8.35. The minimum atomic E-state index is -0.232. The van der Waals surface area contributed by atoms with Gasteiger partial charge in [0.1, 0.15) is 10.9 Å². The summed E-state index contributed by atoms with van der Waals surface area (Å²) in [5, 5.41) is 8.87. The van der Waals surface area contributed by atoms with E-state index in [1.807, 2.05) is 47.1 Å². The summed E-state index contributed by atoms with van der Waals surface area (Å²) in [4.78, 5) is 26.3. The van der Waals surface area contributed by atoms with Crippen LogP contribution in [0.15, 0.2) is 17.3 Å². The number of nitrogens with one attached hydrogen (secondary N) is 1. The van der Waals surface area contributed by atoms with Gasteiger partial charge in [-0.1, -0.05) is 13.8 Å². The summed E-state index contributed by atoms with van der Waals surface area (Å²) in [6.07, 6.45) is 3.55. The van der Waals surface area contributed by atoms with E-state index < -0.39 is 0 Å². The predicted octanol–water partition coefficient (Wildman–Crippen LogP) is 3.47. The smallest absolute Gasteiger partial charge is 0.260 e. The van der Waals surface area contributed by atoms with Gasteiger partial charge in [-0.2, -0.15) is 5.10 Å². The van der Waals surface area contributed by atoms with E-state index in [-0.39, 0.29) is 11.8 Å². The minimum absolute atomic E-state index is 0.205. The van der Waals surface area contributed by atoms with E-state index in [0.29, 0.717) is 22.0 Å². The van der Waals surface area contributed by atoms with Crippen molar-refractivity contribution >= 4 is 34.4 Å². The van der Waals surface area contributed by atoms with Crippen molar-refractivity contribution in [3.05, 3.63) is 35.0 Å². The lowest BCUT2D eigenvalue weighted by atomic mass is 10.1. The third-order valence-electron chi connectivity index (χ3n) is 4.13. The summed E-state index contributed by atoms with van der Waals surface area (Å²) >= 11 is 1.45. The highest BCUT2D eigenvalue weighted by atomic mass is 32.2. The fourth-order valence-electron chi connectivity index (χ4n) is 2.80. The van der Waals surface area contributed by atoms with Gasteiger partial charge >= 0.3 is 0 Å². The minimum Gasteiger partial charge on any atom is -0.320 e. The molecular weight excluding hydrogens is 348 g/mol. The molecule has 3 rings (SSSR count). The highest BCUT2D eigenvalue weighted by Gasteiger charge is 2.20. The first-order chi connectivity index (χ1) is 12.3. The highest BCUT2D eigenvalue weighted by Crippen LogP contribution is 2.25. The molecule has 0 bridgehead atoms.